The van der Waals surface area contributed by atoms with E-state index >= 15 is 0 Å². The number of hydrogen-bond donors (Lipinski definition) is 2. The van der Waals surface area contributed by atoms with Gasteiger partial charge in [-0.05, 0) is 13.3 Å². The van der Waals surface area contributed by atoms with Crippen LogP contribution in [0, 0.1) is 6.92 Å². The predicted molar refractivity (Wildman–Crippen MR) is 59.9 cm³/mol. The van der Waals surface area contributed by atoms with E-state index in [2.05, 4.69) is 10.3 Å². The molecular formula is C10H16N2O2S. The molecule has 0 atom stereocenters. The first-order chi connectivity index (χ1) is 7.22. The highest BCUT2D eigenvalue weighted by Gasteiger charge is 2.01. The fraction of sp³-hybridized carbons (Fsp3) is 0.600. The summed E-state index contributed by atoms with van der Waals surface area (Å²) >= 11 is 1.62. The summed E-state index contributed by atoms with van der Waals surface area (Å²) in [7, 11) is 0. The number of nitrogens with zero attached hydrogens (tertiary/aromatic N) is 1. The highest BCUT2D eigenvalue weighted by atomic mass is 32.1. The number of carbonyl (C=O) groups excluding carboxylic acids is 1. The fourth-order valence-corrected chi connectivity index (χ4v) is 1.83. The quantitative estimate of drug-likeness (QED) is 0.760. The molecule has 84 valence electrons. The third-order valence-electron chi connectivity index (χ3n) is 1.93. The number of aromatic nitrogens is 1. The van der Waals surface area contributed by atoms with Gasteiger partial charge >= 0.3 is 0 Å². The van der Waals surface area contributed by atoms with Gasteiger partial charge in [-0.1, -0.05) is 0 Å². The van der Waals surface area contributed by atoms with Crippen molar-refractivity contribution >= 4 is 17.2 Å². The van der Waals surface area contributed by atoms with Crippen molar-refractivity contribution in [2.24, 2.45) is 0 Å². The van der Waals surface area contributed by atoms with E-state index in [0.29, 0.717) is 19.4 Å². The molecule has 1 heterocycles. The SMILES string of the molecule is Cc1nc(CCNC(=O)CCCO)cs1. The molecule has 0 bridgehead atoms. The first-order valence-corrected chi connectivity index (χ1v) is 5.89. The number of hydrogen-bond acceptors (Lipinski definition) is 4. The van der Waals surface area contributed by atoms with Crippen molar-refractivity contribution in [1.29, 1.82) is 0 Å². The van der Waals surface area contributed by atoms with Gasteiger partial charge in [0, 0.05) is 31.4 Å². The maximum Gasteiger partial charge on any atom is 0.220 e. The molecule has 0 aliphatic rings. The second-order valence-corrected chi connectivity index (χ2v) is 4.35. The fourth-order valence-electron chi connectivity index (χ4n) is 1.18. The summed E-state index contributed by atoms with van der Waals surface area (Å²) in [6.45, 7) is 2.65. The van der Waals surface area contributed by atoms with Crippen molar-refractivity contribution in [1.82, 2.24) is 10.3 Å². The molecule has 0 aliphatic heterocycles. The number of rotatable bonds is 6. The zero-order chi connectivity index (χ0) is 11.1. The van der Waals surface area contributed by atoms with Crippen LogP contribution < -0.4 is 5.32 Å². The van der Waals surface area contributed by atoms with Crippen LogP contribution in [0.2, 0.25) is 0 Å². The van der Waals surface area contributed by atoms with Gasteiger partial charge in [0.15, 0.2) is 0 Å². The lowest BCUT2D eigenvalue weighted by Crippen LogP contribution is -2.25. The molecule has 0 aromatic carbocycles. The molecule has 0 saturated heterocycles. The van der Waals surface area contributed by atoms with Crippen molar-refractivity contribution in [2.75, 3.05) is 13.2 Å². The minimum atomic E-state index is -0.00370. The van der Waals surface area contributed by atoms with E-state index in [1.165, 1.54) is 0 Å². The van der Waals surface area contributed by atoms with Crippen molar-refractivity contribution in [3.8, 4) is 0 Å². The Labute approximate surface area is 93.4 Å². The summed E-state index contributed by atoms with van der Waals surface area (Å²) < 4.78 is 0. The summed E-state index contributed by atoms with van der Waals surface area (Å²) in [5.74, 6) is -0.00370. The molecule has 0 aliphatic carbocycles. The number of aliphatic hydroxyl groups excluding tert-OH is 1. The maximum absolute atomic E-state index is 11.2. The Morgan fingerprint density at radius 3 is 3.07 bits per heavy atom. The molecule has 1 rings (SSSR count). The topological polar surface area (TPSA) is 62.2 Å². The van der Waals surface area contributed by atoms with Crippen LogP contribution in [0.3, 0.4) is 0 Å². The summed E-state index contributed by atoms with van der Waals surface area (Å²) in [6.07, 6.45) is 1.70. The number of carbonyl (C=O) groups is 1. The van der Waals surface area contributed by atoms with E-state index in [1.54, 1.807) is 11.3 Å². The standard InChI is InChI=1S/C10H16N2O2S/c1-8-12-9(7-15-8)4-5-11-10(14)3-2-6-13/h7,13H,2-6H2,1H3,(H,11,14). The molecular weight excluding hydrogens is 212 g/mol. The van der Waals surface area contributed by atoms with Crippen molar-refractivity contribution < 1.29 is 9.90 Å². The predicted octanol–water partition coefficient (Wildman–Crippen LogP) is 0.883. The van der Waals surface area contributed by atoms with Gasteiger partial charge < -0.3 is 10.4 Å². The Morgan fingerprint density at radius 1 is 1.67 bits per heavy atom. The van der Waals surface area contributed by atoms with E-state index in [4.69, 9.17) is 5.11 Å². The van der Waals surface area contributed by atoms with Gasteiger partial charge in [0.05, 0.1) is 10.7 Å². The Kier molecular flexibility index (Phi) is 5.28. The van der Waals surface area contributed by atoms with Crippen molar-refractivity contribution in [3.05, 3.63) is 16.1 Å². The number of aliphatic hydroxyl groups is 1. The molecule has 4 nitrogen and oxygen atoms in total. The highest BCUT2D eigenvalue weighted by Crippen LogP contribution is 2.07. The molecule has 1 amide bonds. The van der Waals surface area contributed by atoms with Gasteiger partial charge in [-0.2, -0.15) is 0 Å². The lowest BCUT2D eigenvalue weighted by molar-refractivity contribution is -0.121. The monoisotopic (exact) mass is 228 g/mol. The third kappa shape index (κ3) is 4.90. The largest absolute Gasteiger partial charge is 0.396 e. The molecule has 0 radical (unpaired) electrons. The van der Waals surface area contributed by atoms with Gasteiger partial charge in [-0.3, -0.25) is 4.79 Å². The Hall–Kier alpha value is -0.940. The van der Waals surface area contributed by atoms with Crippen LogP contribution in [0.5, 0.6) is 0 Å². The minimum Gasteiger partial charge on any atom is -0.396 e. The van der Waals surface area contributed by atoms with Gasteiger partial charge in [0.2, 0.25) is 5.91 Å². The molecule has 0 saturated carbocycles. The van der Waals surface area contributed by atoms with Crippen LogP contribution in [-0.4, -0.2) is 29.1 Å². The van der Waals surface area contributed by atoms with E-state index in [9.17, 15) is 4.79 Å². The third-order valence-corrected chi connectivity index (χ3v) is 2.75. The van der Waals surface area contributed by atoms with Crippen LogP contribution in [0.15, 0.2) is 5.38 Å². The normalized spacial score (nSPS) is 10.3. The molecule has 0 fully saturated rings. The molecule has 15 heavy (non-hydrogen) atoms. The maximum atomic E-state index is 11.2. The minimum absolute atomic E-state index is 0.00370. The zero-order valence-electron chi connectivity index (χ0n) is 8.82. The molecule has 1 aromatic heterocycles. The summed E-state index contributed by atoms with van der Waals surface area (Å²) in [5.41, 5.74) is 1.03. The Bertz CT molecular complexity index is 312. The lowest BCUT2D eigenvalue weighted by Gasteiger charge is -2.02. The Morgan fingerprint density at radius 2 is 2.47 bits per heavy atom. The average Bonchev–Trinajstić information content (AvgIpc) is 2.61. The van der Waals surface area contributed by atoms with Crippen LogP contribution in [-0.2, 0) is 11.2 Å². The lowest BCUT2D eigenvalue weighted by atomic mass is 10.3. The smallest absolute Gasteiger partial charge is 0.220 e. The zero-order valence-corrected chi connectivity index (χ0v) is 9.64. The van der Waals surface area contributed by atoms with Crippen LogP contribution in [0.4, 0.5) is 0 Å². The first-order valence-electron chi connectivity index (χ1n) is 5.01. The number of nitrogens with one attached hydrogen (secondary N) is 1. The van der Waals surface area contributed by atoms with Gasteiger partial charge in [0.1, 0.15) is 0 Å². The number of thiazole rings is 1. The van der Waals surface area contributed by atoms with Gasteiger partial charge in [-0.25, -0.2) is 4.98 Å². The second-order valence-electron chi connectivity index (χ2n) is 3.28. The first kappa shape index (κ1) is 12.1. The average molecular weight is 228 g/mol. The Balaban J connectivity index is 2.13. The van der Waals surface area contributed by atoms with Gasteiger partial charge in [0.25, 0.3) is 0 Å². The number of amides is 1. The molecule has 1 aromatic rings. The molecule has 0 spiro atoms. The van der Waals surface area contributed by atoms with E-state index in [1.807, 2.05) is 12.3 Å². The van der Waals surface area contributed by atoms with E-state index < -0.39 is 0 Å². The second kappa shape index (κ2) is 6.53. The van der Waals surface area contributed by atoms with E-state index in [0.717, 1.165) is 17.1 Å². The summed E-state index contributed by atoms with van der Waals surface area (Å²) in [6, 6.07) is 0. The van der Waals surface area contributed by atoms with Crippen LogP contribution >= 0.6 is 11.3 Å². The van der Waals surface area contributed by atoms with E-state index in [-0.39, 0.29) is 12.5 Å². The summed E-state index contributed by atoms with van der Waals surface area (Å²) in [5, 5.41) is 14.4. The number of aryl methyl sites for hydroxylation is 1. The summed E-state index contributed by atoms with van der Waals surface area (Å²) in [4.78, 5) is 15.5. The van der Waals surface area contributed by atoms with Crippen molar-refractivity contribution in [3.63, 3.8) is 0 Å². The van der Waals surface area contributed by atoms with Gasteiger partial charge in [-0.15, -0.1) is 11.3 Å². The van der Waals surface area contributed by atoms with Crippen molar-refractivity contribution in [2.45, 2.75) is 26.2 Å². The highest BCUT2D eigenvalue weighted by molar-refractivity contribution is 7.09. The van der Waals surface area contributed by atoms with Crippen LogP contribution in [0.1, 0.15) is 23.5 Å². The molecule has 5 heteroatoms. The van der Waals surface area contributed by atoms with Crippen LogP contribution in [0.25, 0.3) is 0 Å². The molecule has 2 N–H and O–H groups in total. The molecule has 0 unspecified atom stereocenters.